The summed E-state index contributed by atoms with van der Waals surface area (Å²) in [6.07, 6.45) is 1.67. The van der Waals surface area contributed by atoms with Crippen molar-refractivity contribution in [2.45, 2.75) is 6.92 Å². The molecule has 0 spiro atoms. The minimum atomic E-state index is -1.92. The molecule has 0 aromatic heterocycles. The van der Waals surface area contributed by atoms with Crippen LogP contribution in [0, 0.1) is 0 Å². The van der Waals surface area contributed by atoms with Crippen LogP contribution in [0.1, 0.15) is 12.5 Å². The van der Waals surface area contributed by atoms with Gasteiger partial charge in [0.15, 0.2) is 0 Å². The molecule has 2 aromatic carbocycles. The molecule has 0 fully saturated rings. The SMILES string of the molecule is CC(/C=C(\O)c1ccccc1)=Nc1ccccc1.[Cl][Ti]([Cl])[Cl]. The van der Waals surface area contributed by atoms with E-state index in [0.29, 0.717) is 0 Å². The third kappa shape index (κ3) is 8.62. The van der Waals surface area contributed by atoms with E-state index in [9.17, 15) is 5.11 Å². The predicted octanol–water partition coefficient (Wildman–Crippen LogP) is 6.44. The van der Waals surface area contributed by atoms with Crippen LogP contribution in [0.15, 0.2) is 71.7 Å². The zero-order chi connectivity index (χ0) is 16.4. The van der Waals surface area contributed by atoms with Gasteiger partial charge in [-0.2, -0.15) is 0 Å². The van der Waals surface area contributed by atoms with E-state index in [1.54, 1.807) is 6.08 Å². The van der Waals surface area contributed by atoms with Gasteiger partial charge < -0.3 is 5.11 Å². The molecule has 0 saturated carbocycles. The molecule has 0 bridgehead atoms. The fourth-order valence-corrected chi connectivity index (χ4v) is 1.63. The molecule has 0 unspecified atom stereocenters. The maximum absolute atomic E-state index is 9.95. The van der Waals surface area contributed by atoms with E-state index in [1.807, 2.05) is 67.6 Å². The van der Waals surface area contributed by atoms with Crippen molar-refractivity contribution in [3.8, 4) is 0 Å². The van der Waals surface area contributed by atoms with Crippen molar-refractivity contribution in [1.82, 2.24) is 0 Å². The molecule has 0 aliphatic heterocycles. The van der Waals surface area contributed by atoms with Crippen molar-refractivity contribution in [3.05, 3.63) is 72.3 Å². The van der Waals surface area contributed by atoms with Crippen LogP contribution >= 0.6 is 27.9 Å². The molecule has 2 aromatic rings. The molecule has 1 N–H and O–H groups in total. The Balaban J connectivity index is 0.000000541. The van der Waals surface area contributed by atoms with Crippen LogP contribution in [0.2, 0.25) is 0 Å². The average Bonchev–Trinajstić information content (AvgIpc) is 2.48. The number of para-hydroxylation sites is 1. The van der Waals surface area contributed by atoms with Gasteiger partial charge in [0.25, 0.3) is 0 Å². The number of aliphatic hydroxyl groups is 1. The van der Waals surface area contributed by atoms with Crippen molar-refractivity contribution in [2.24, 2.45) is 4.99 Å². The monoisotopic (exact) mass is 390 g/mol. The van der Waals surface area contributed by atoms with E-state index < -0.39 is 14.7 Å². The van der Waals surface area contributed by atoms with Crippen LogP contribution in [0.3, 0.4) is 0 Å². The van der Waals surface area contributed by atoms with Gasteiger partial charge in [-0.1, -0.05) is 48.5 Å². The number of hydrogen-bond donors (Lipinski definition) is 1. The first-order valence-corrected chi connectivity index (χ1v) is 12.8. The molecule has 115 valence electrons. The molecule has 0 saturated heterocycles. The molecule has 0 aliphatic rings. The first-order valence-electron chi connectivity index (χ1n) is 6.39. The van der Waals surface area contributed by atoms with Gasteiger partial charge in [0.1, 0.15) is 5.76 Å². The molecule has 0 aliphatic carbocycles. The number of benzene rings is 2. The van der Waals surface area contributed by atoms with Gasteiger partial charge in [-0.25, -0.2) is 0 Å². The van der Waals surface area contributed by atoms with Crippen LogP contribution in [-0.2, 0) is 14.7 Å². The molecule has 2 nitrogen and oxygen atoms in total. The summed E-state index contributed by atoms with van der Waals surface area (Å²) in [6.45, 7) is 1.87. The number of aliphatic imine (C=N–C) groups is 1. The van der Waals surface area contributed by atoms with Gasteiger partial charge in [0.2, 0.25) is 0 Å². The van der Waals surface area contributed by atoms with Gasteiger partial charge in [-0.05, 0) is 19.1 Å². The number of halogens is 3. The Bertz CT molecular complexity index is 613. The van der Waals surface area contributed by atoms with Crippen molar-refractivity contribution in [3.63, 3.8) is 0 Å². The molecule has 0 atom stereocenters. The van der Waals surface area contributed by atoms with Gasteiger partial charge in [0, 0.05) is 17.4 Å². The van der Waals surface area contributed by atoms with Crippen LogP contribution in [0.4, 0.5) is 5.69 Å². The predicted molar refractivity (Wildman–Crippen MR) is 93.8 cm³/mol. The number of nitrogens with zero attached hydrogens (tertiary/aromatic N) is 1. The van der Waals surface area contributed by atoms with Crippen molar-refractivity contribution < 1.29 is 19.8 Å². The van der Waals surface area contributed by atoms with Crippen molar-refractivity contribution in [1.29, 1.82) is 0 Å². The Kier molecular flexibility index (Phi) is 9.53. The molecule has 6 heteroatoms. The first-order chi connectivity index (χ1) is 10.5. The van der Waals surface area contributed by atoms with Crippen molar-refractivity contribution >= 4 is 45.1 Å². The fraction of sp³-hybridized carbons (Fsp3) is 0.0625. The molecular formula is C16H15Cl3NOTi. The number of hydrogen-bond acceptors (Lipinski definition) is 2. The summed E-state index contributed by atoms with van der Waals surface area (Å²) in [7, 11) is 14.9. The summed E-state index contributed by atoms with van der Waals surface area (Å²) in [5.41, 5.74) is 2.44. The van der Waals surface area contributed by atoms with Crippen LogP contribution in [0.5, 0.6) is 0 Å². The normalized spacial score (nSPS) is 11.5. The third-order valence-corrected chi connectivity index (χ3v) is 2.48. The Morgan fingerprint density at radius 3 is 1.91 bits per heavy atom. The topological polar surface area (TPSA) is 32.6 Å². The zero-order valence-corrected chi connectivity index (χ0v) is 15.7. The maximum atomic E-state index is 9.95. The van der Waals surface area contributed by atoms with E-state index in [4.69, 9.17) is 27.9 Å². The molecule has 2 rings (SSSR count). The molecular weight excluding hydrogens is 376 g/mol. The van der Waals surface area contributed by atoms with Crippen molar-refractivity contribution in [2.75, 3.05) is 0 Å². The van der Waals surface area contributed by atoms with Gasteiger partial charge in [-0.15, -0.1) is 0 Å². The summed E-state index contributed by atoms with van der Waals surface area (Å²) in [6, 6.07) is 19.1. The van der Waals surface area contributed by atoms with E-state index in [0.717, 1.165) is 17.0 Å². The van der Waals surface area contributed by atoms with Gasteiger partial charge in [0.05, 0.1) is 5.69 Å². The standard InChI is InChI=1S/C16H15NO.3ClH.Ti/c1-13(17-15-10-6-3-7-11-15)12-16(18)14-8-4-2-5-9-14;;;;/h2-12,18H,1H3;3*1H;/q;;;;+3/p-3/b16-12-,17-13?;;;;. The second kappa shape index (κ2) is 10.9. The third-order valence-electron chi connectivity index (χ3n) is 2.48. The summed E-state index contributed by atoms with van der Waals surface area (Å²) < 4.78 is 0. The van der Waals surface area contributed by atoms with E-state index in [-0.39, 0.29) is 5.76 Å². The summed E-state index contributed by atoms with van der Waals surface area (Å²) in [5, 5.41) is 9.95. The van der Waals surface area contributed by atoms with Crippen LogP contribution < -0.4 is 0 Å². The zero-order valence-electron chi connectivity index (χ0n) is 11.9. The van der Waals surface area contributed by atoms with E-state index >= 15 is 0 Å². The molecule has 0 heterocycles. The summed E-state index contributed by atoms with van der Waals surface area (Å²) >= 11 is -1.92. The number of allylic oxidation sites excluding steroid dienone is 1. The Hall–Kier alpha value is -0.766. The van der Waals surface area contributed by atoms with E-state index in [1.165, 1.54) is 0 Å². The quantitative estimate of drug-likeness (QED) is 0.364. The van der Waals surface area contributed by atoms with Crippen LogP contribution in [-0.4, -0.2) is 10.8 Å². The second-order valence-electron chi connectivity index (χ2n) is 4.20. The average molecular weight is 392 g/mol. The second-order valence-corrected chi connectivity index (χ2v) is 11.9. The van der Waals surface area contributed by atoms with Crippen LogP contribution in [0.25, 0.3) is 5.76 Å². The number of aliphatic hydroxyl groups excluding tert-OH is 1. The molecule has 0 radical (unpaired) electrons. The number of rotatable bonds is 3. The van der Waals surface area contributed by atoms with E-state index in [2.05, 4.69) is 4.99 Å². The fourth-order valence-electron chi connectivity index (χ4n) is 1.63. The molecule has 22 heavy (non-hydrogen) atoms. The Morgan fingerprint density at radius 1 is 0.955 bits per heavy atom. The Labute approximate surface area is 148 Å². The Morgan fingerprint density at radius 2 is 1.41 bits per heavy atom. The van der Waals surface area contributed by atoms with Gasteiger partial charge >= 0.3 is 42.6 Å². The molecule has 0 amide bonds. The summed E-state index contributed by atoms with van der Waals surface area (Å²) in [4.78, 5) is 4.40. The minimum absolute atomic E-state index is 0.229. The first kappa shape index (κ1) is 19.3. The summed E-state index contributed by atoms with van der Waals surface area (Å²) in [5.74, 6) is 0.229. The van der Waals surface area contributed by atoms with Gasteiger partial charge in [-0.3, -0.25) is 4.99 Å².